The molecular formula is C33H30O6. The lowest BCUT2D eigenvalue weighted by atomic mass is 9.67. The summed E-state index contributed by atoms with van der Waals surface area (Å²) in [6.45, 7) is 2.51. The molecule has 2 saturated heterocycles. The van der Waals surface area contributed by atoms with E-state index < -0.39 is 5.41 Å². The van der Waals surface area contributed by atoms with Crippen molar-refractivity contribution in [3.05, 3.63) is 107 Å². The molecule has 0 N–H and O–H groups in total. The van der Waals surface area contributed by atoms with Crippen molar-refractivity contribution in [2.75, 3.05) is 40.6 Å². The van der Waals surface area contributed by atoms with E-state index in [0.29, 0.717) is 36.2 Å². The minimum atomic E-state index is -0.607. The van der Waals surface area contributed by atoms with Crippen molar-refractivity contribution >= 4 is 0 Å². The summed E-state index contributed by atoms with van der Waals surface area (Å²) in [5.74, 6) is 2.78. The van der Waals surface area contributed by atoms with E-state index in [1.54, 1.807) is 14.2 Å². The minimum Gasteiger partial charge on any atom is -0.493 e. The summed E-state index contributed by atoms with van der Waals surface area (Å²) in [6.07, 6.45) is 0.322. The fourth-order valence-electron chi connectivity index (χ4n) is 5.76. The normalized spacial score (nSPS) is 19.5. The number of hydrogen-bond donors (Lipinski definition) is 0. The highest BCUT2D eigenvalue weighted by atomic mass is 16.6. The molecule has 2 aliphatic heterocycles. The van der Waals surface area contributed by atoms with E-state index in [-0.39, 0.29) is 12.2 Å². The van der Waals surface area contributed by atoms with E-state index in [0.717, 1.165) is 24.3 Å². The SMILES string of the molecule is COc1cc(C2(c3ccc(OCC4CO4)c(OC)c3)c3ccccc3-c3ccccc32)ccc1OCC1CO1. The van der Waals surface area contributed by atoms with Crippen molar-refractivity contribution in [1.29, 1.82) is 0 Å². The molecule has 7 rings (SSSR count). The second-order valence-corrected chi connectivity index (χ2v) is 10.1. The lowest BCUT2D eigenvalue weighted by Crippen LogP contribution is -2.28. The maximum Gasteiger partial charge on any atom is 0.161 e. The predicted octanol–water partition coefficient (Wildman–Crippen LogP) is 5.62. The topological polar surface area (TPSA) is 62.0 Å². The van der Waals surface area contributed by atoms with Gasteiger partial charge in [0.25, 0.3) is 0 Å². The zero-order valence-corrected chi connectivity index (χ0v) is 22.0. The molecule has 0 bridgehead atoms. The number of ether oxygens (including phenoxy) is 6. The summed E-state index contributed by atoms with van der Waals surface area (Å²) in [5, 5.41) is 0. The zero-order chi connectivity index (χ0) is 26.4. The van der Waals surface area contributed by atoms with Crippen LogP contribution in [0.15, 0.2) is 84.9 Å². The Hall–Kier alpha value is -4.00. The zero-order valence-electron chi connectivity index (χ0n) is 22.0. The van der Waals surface area contributed by atoms with Gasteiger partial charge in [-0.2, -0.15) is 0 Å². The molecule has 3 aliphatic rings. The van der Waals surface area contributed by atoms with Gasteiger partial charge in [0.05, 0.1) is 32.8 Å². The van der Waals surface area contributed by atoms with Crippen LogP contribution in [0.25, 0.3) is 11.1 Å². The van der Waals surface area contributed by atoms with Gasteiger partial charge in [0.2, 0.25) is 0 Å². The van der Waals surface area contributed by atoms with Crippen molar-refractivity contribution in [3.63, 3.8) is 0 Å². The average Bonchev–Trinajstić information content (AvgIpc) is 3.93. The molecule has 0 aromatic heterocycles. The third-order valence-electron chi connectivity index (χ3n) is 7.80. The fraction of sp³-hybridized carbons (Fsp3) is 0.273. The highest BCUT2D eigenvalue weighted by molar-refractivity contribution is 5.86. The average molecular weight is 523 g/mol. The number of hydrogen-bond acceptors (Lipinski definition) is 6. The largest absolute Gasteiger partial charge is 0.493 e. The molecule has 2 unspecified atom stereocenters. The third-order valence-corrected chi connectivity index (χ3v) is 7.80. The number of fused-ring (bicyclic) bond motifs is 3. The van der Waals surface area contributed by atoms with Crippen LogP contribution in [0, 0.1) is 0 Å². The van der Waals surface area contributed by atoms with Crippen molar-refractivity contribution in [2.45, 2.75) is 17.6 Å². The van der Waals surface area contributed by atoms with Crippen LogP contribution in [0.1, 0.15) is 22.3 Å². The fourth-order valence-corrected chi connectivity index (χ4v) is 5.76. The Bertz CT molecular complexity index is 1410. The molecule has 2 heterocycles. The first kappa shape index (κ1) is 24.1. The predicted molar refractivity (Wildman–Crippen MR) is 147 cm³/mol. The molecule has 2 atom stereocenters. The van der Waals surface area contributed by atoms with Gasteiger partial charge in [0, 0.05) is 0 Å². The van der Waals surface area contributed by atoms with E-state index in [1.165, 1.54) is 22.3 Å². The Kier molecular flexibility index (Phi) is 5.94. The molecule has 198 valence electrons. The first-order chi connectivity index (χ1) is 19.2. The smallest absolute Gasteiger partial charge is 0.161 e. The van der Waals surface area contributed by atoms with Crippen molar-refractivity contribution in [3.8, 4) is 34.1 Å². The number of epoxide rings is 2. The van der Waals surface area contributed by atoms with E-state index in [2.05, 4.69) is 72.8 Å². The molecule has 0 amide bonds. The Morgan fingerprint density at radius 2 is 1.05 bits per heavy atom. The number of rotatable bonds is 10. The molecule has 39 heavy (non-hydrogen) atoms. The van der Waals surface area contributed by atoms with Crippen LogP contribution >= 0.6 is 0 Å². The molecule has 0 saturated carbocycles. The lowest BCUT2D eigenvalue weighted by molar-refractivity contribution is 0.251. The monoisotopic (exact) mass is 522 g/mol. The van der Waals surface area contributed by atoms with Gasteiger partial charge in [-0.1, -0.05) is 60.7 Å². The van der Waals surface area contributed by atoms with Crippen LogP contribution in [0.2, 0.25) is 0 Å². The molecule has 0 radical (unpaired) electrons. The molecule has 6 heteroatoms. The Labute approximate surface area is 228 Å². The van der Waals surface area contributed by atoms with E-state index in [1.807, 2.05) is 12.1 Å². The van der Waals surface area contributed by atoms with Gasteiger partial charge in [-0.3, -0.25) is 0 Å². The molecule has 1 aliphatic carbocycles. The van der Waals surface area contributed by atoms with Gasteiger partial charge in [-0.05, 0) is 57.6 Å². The molecule has 4 aromatic rings. The van der Waals surface area contributed by atoms with Gasteiger partial charge in [-0.25, -0.2) is 0 Å². The van der Waals surface area contributed by atoms with E-state index in [9.17, 15) is 0 Å². The Morgan fingerprint density at radius 3 is 1.46 bits per heavy atom. The van der Waals surface area contributed by atoms with Crippen LogP contribution in [0.5, 0.6) is 23.0 Å². The minimum absolute atomic E-state index is 0.161. The maximum atomic E-state index is 6.05. The van der Waals surface area contributed by atoms with Gasteiger partial charge >= 0.3 is 0 Å². The summed E-state index contributed by atoms with van der Waals surface area (Å²) in [7, 11) is 3.36. The summed E-state index contributed by atoms with van der Waals surface area (Å²) < 4.78 is 34.5. The molecule has 2 fully saturated rings. The van der Waals surface area contributed by atoms with Crippen molar-refractivity contribution < 1.29 is 28.4 Å². The second kappa shape index (κ2) is 9.63. The van der Waals surface area contributed by atoms with Crippen LogP contribution in [0.3, 0.4) is 0 Å². The maximum absolute atomic E-state index is 6.05. The third kappa shape index (κ3) is 4.11. The van der Waals surface area contributed by atoms with Crippen molar-refractivity contribution in [1.82, 2.24) is 0 Å². The molecule has 6 nitrogen and oxygen atoms in total. The highest BCUT2D eigenvalue weighted by Gasteiger charge is 2.46. The highest BCUT2D eigenvalue weighted by Crippen LogP contribution is 2.57. The quantitative estimate of drug-likeness (QED) is 0.222. The standard InChI is InChI=1S/C33H30O6/c1-34-31-15-21(11-13-29(31)38-19-23-17-36-23)33(22-12-14-30(32(16-22)35-2)39-20-24-18-37-24)27-9-5-3-7-25(27)26-8-4-6-10-28(26)33/h3-16,23-24H,17-20H2,1-2H3. The summed E-state index contributed by atoms with van der Waals surface area (Å²) in [4.78, 5) is 0. The second-order valence-electron chi connectivity index (χ2n) is 10.1. The van der Waals surface area contributed by atoms with Crippen LogP contribution < -0.4 is 18.9 Å². The first-order valence-corrected chi connectivity index (χ1v) is 13.3. The molecule has 0 spiro atoms. The van der Waals surface area contributed by atoms with Crippen molar-refractivity contribution in [2.24, 2.45) is 0 Å². The van der Waals surface area contributed by atoms with E-state index >= 15 is 0 Å². The molecule has 4 aromatic carbocycles. The lowest BCUT2D eigenvalue weighted by Gasteiger charge is -2.34. The summed E-state index contributed by atoms with van der Waals surface area (Å²) in [5.41, 5.74) is 6.38. The summed E-state index contributed by atoms with van der Waals surface area (Å²) >= 11 is 0. The molecular weight excluding hydrogens is 492 g/mol. The van der Waals surface area contributed by atoms with Crippen LogP contribution in [-0.2, 0) is 14.9 Å². The van der Waals surface area contributed by atoms with Gasteiger partial charge in [0.15, 0.2) is 23.0 Å². The Balaban J connectivity index is 1.43. The number of methoxy groups -OCH3 is 2. The van der Waals surface area contributed by atoms with E-state index in [4.69, 9.17) is 28.4 Å². The van der Waals surface area contributed by atoms with Gasteiger partial charge in [-0.15, -0.1) is 0 Å². The van der Waals surface area contributed by atoms with Crippen LogP contribution in [-0.4, -0.2) is 52.9 Å². The Morgan fingerprint density at radius 1 is 0.615 bits per heavy atom. The van der Waals surface area contributed by atoms with Gasteiger partial charge in [0.1, 0.15) is 25.4 Å². The number of benzene rings is 4. The van der Waals surface area contributed by atoms with Gasteiger partial charge < -0.3 is 28.4 Å². The van der Waals surface area contributed by atoms with Crippen LogP contribution in [0.4, 0.5) is 0 Å². The summed E-state index contributed by atoms with van der Waals surface area (Å²) in [6, 6.07) is 29.7. The first-order valence-electron chi connectivity index (χ1n) is 13.3.